The van der Waals surface area contributed by atoms with Crippen molar-refractivity contribution in [1.82, 2.24) is 10.2 Å². The van der Waals surface area contributed by atoms with Gasteiger partial charge < -0.3 is 15.8 Å². The number of benzene rings is 1. The number of ether oxygens (including phenoxy) is 1. The molecule has 0 saturated carbocycles. The predicted octanol–water partition coefficient (Wildman–Crippen LogP) is 3.79. The van der Waals surface area contributed by atoms with Crippen molar-refractivity contribution < 1.29 is 4.74 Å². The van der Waals surface area contributed by atoms with E-state index in [1.165, 1.54) is 31.5 Å². The number of nitrogens with one attached hydrogen (secondary N) is 1. The van der Waals surface area contributed by atoms with Crippen LogP contribution in [0.15, 0.2) is 29.3 Å². The zero-order chi connectivity index (χ0) is 18.5. The first-order chi connectivity index (χ1) is 12.5. The number of halogens is 1. The minimum atomic E-state index is 0. The maximum atomic E-state index is 6.24. The topological polar surface area (TPSA) is 62.9 Å². The first-order valence-electron chi connectivity index (χ1n) is 10.1. The third kappa shape index (κ3) is 5.98. The van der Waals surface area contributed by atoms with Crippen molar-refractivity contribution in [2.24, 2.45) is 22.6 Å². The zero-order valence-corrected chi connectivity index (χ0v) is 19.2. The maximum Gasteiger partial charge on any atom is 0.189 e. The third-order valence-electron chi connectivity index (χ3n) is 5.79. The maximum absolute atomic E-state index is 6.24. The molecule has 1 fully saturated rings. The summed E-state index contributed by atoms with van der Waals surface area (Å²) >= 11 is 0. The number of para-hydroxylation sites is 1. The van der Waals surface area contributed by atoms with Crippen LogP contribution in [0.4, 0.5) is 0 Å². The average Bonchev–Trinajstić information content (AvgIpc) is 2.63. The van der Waals surface area contributed by atoms with Crippen molar-refractivity contribution in [3.63, 3.8) is 0 Å². The van der Waals surface area contributed by atoms with Crippen LogP contribution < -0.4 is 15.8 Å². The Morgan fingerprint density at radius 2 is 1.96 bits per heavy atom. The minimum Gasteiger partial charge on any atom is -0.493 e. The molecule has 1 aromatic carbocycles. The Morgan fingerprint density at radius 1 is 1.26 bits per heavy atom. The quantitative estimate of drug-likeness (QED) is 0.378. The number of piperidine rings is 1. The number of nitrogens with two attached hydrogens (primary N) is 1. The van der Waals surface area contributed by atoms with Gasteiger partial charge in [-0.25, -0.2) is 0 Å². The fraction of sp³-hybridized carbons (Fsp3) is 0.667. The molecule has 0 aromatic heterocycles. The largest absolute Gasteiger partial charge is 0.493 e. The van der Waals surface area contributed by atoms with Crippen molar-refractivity contribution in [2.45, 2.75) is 52.1 Å². The van der Waals surface area contributed by atoms with E-state index in [9.17, 15) is 0 Å². The molecule has 0 aliphatic carbocycles. The lowest BCUT2D eigenvalue weighted by Crippen LogP contribution is -2.46. The standard InChI is InChI=1S/C21H34N4O.HI/c1-15(2)19(25-11-8-16(3)9-12-25)14-23-21(22)24-18-10-13-26-20-7-5-4-6-17(18)20;/h4-7,15-16,18-19H,8-14H2,1-3H3,(H3,22,23,24);1H. The first-order valence-corrected chi connectivity index (χ1v) is 10.1. The SMILES string of the molecule is CC1CCN(C(CN=C(N)NC2CCOc3ccccc32)C(C)C)CC1.I. The van der Waals surface area contributed by atoms with Crippen LogP contribution in [0.25, 0.3) is 0 Å². The van der Waals surface area contributed by atoms with Crippen molar-refractivity contribution in [1.29, 1.82) is 0 Å². The summed E-state index contributed by atoms with van der Waals surface area (Å²) in [5.74, 6) is 2.92. The number of fused-ring (bicyclic) bond motifs is 1. The van der Waals surface area contributed by atoms with E-state index in [0.717, 1.165) is 24.6 Å². The summed E-state index contributed by atoms with van der Waals surface area (Å²) < 4.78 is 5.73. The van der Waals surface area contributed by atoms with Gasteiger partial charge in [0.15, 0.2) is 5.96 Å². The van der Waals surface area contributed by atoms with Crippen LogP contribution >= 0.6 is 24.0 Å². The Morgan fingerprint density at radius 3 is 2.67 bits per heavy atom. The molecule has 0 radical (unpaired) electrons. The summed E-state index contributed by atoms with van der Waals surface area (Å²) in [6, 6.07) is 8.81. The molecule has 5 nitrogen and oxygen atoms in total. The molecule has 1 saturated heterocycles. The van der Waals surface area contributed by atoms with Gasteiger partial charge in [0.25, 0.3) is 0 Å². The molecule has 2 aliphatic rings. The Balaban J connectivity index is 0.00000261. The second kappa shape index (κ2) is 10.5. The van der Waals surface area contributed by atoms with Gasteiger partial charge >= 0.3 is 0 Å². The van der Waals surface area contributed by atoms with Gasteiger partial charge in [-0.15, -0.1) is 24.0 Å². The summed E-state index contributed by atoms with van der Waals surface area (Å²) in [7, 11) is 0. The highest BCUT2D eigenvalue weighted by Gasteiger charge is 2.26. The van der Waals surface area contributed by atoms with Crippen LogP contribution in [0.2, 0.25) is 0 Å². The van der Waals surface area contributed by atoms with Crippen molar-refractivity contribution >= 4 is 29.9 Å². The van der Waals surface area contributed by atoms with Crippen LogP contribution in [0.5, 0.6) is 5.75 Å². The van der Waals surface area contributed by atoms with Crippen molar-refractivity contribution in [3.8, 4) is 5.75 Å². The monoisotopic (exact) mass is 486 g/mol. The van der Waals surface area contributed by atoms with E-state index in [2.05, 4.69) is 37.1 Å². The average molecular weight is 486 g/mol. The molecular formula is C21H35IN4O. The molecular weight excluding hydrogens is 451 g/mol. The summed E-state index contributed by atoms with van der Waals surface area (Å²) in [4.78, 5) is 7.31. The van der Waals surface area contributed by atoms with Gasteiger partial charge in [0.05, 0.1) is 19.2 Å². The Kier molecular flexibility index (Phi) is 8.66. The van der Waals surface area contributed by atoms with E-state index in [-0.39, 0.29) is 30.0 Å². The summed E-state index contributed by atoms with van der Waals surface area (Å²) in [6.07, 6.45) is 3.49. The van der Waals surface area contributed by atoms with Crippen LogP contribution in [0, 0.1) is 11.8 Å². The number of hydrogen-bond acceptors (Lipinski definition) is 3. The molecule has 2 atom stereocenters. The molecule has 2 heterocycles. The molecule has 1 aromatic rings. The molecule has 3 rings (SSSR count). The van der Waals surface area contributed by atoms with Gasteiger partial charge in [-0.1, -0.05) is 39.0 Å². The molecule has 0 amide bonds. The molecule has 6 heteroatoms. The Hall–Kier alpha value is -1.02. The Labute approximate surface area is 181 Å². The fourth-order valence-electron chi connectivity index (χ4n) is 4.02. The van der Waals surface area contributed by atoms with Crippen LogP contribution in [0.3, 0.4) is 0 Å². The lowest BCUT2D eigenvalue weighted by molar-refractivity contribution is 0.113. The van der Waals surface area contributed by atoms with E-state index in [4.69, 9.17) is 15.5 Å². The molecule has 2 aliphatic heterocycles. The number of nitrogens with zero attached hydrogens (tertiary/aromatic N) is 2. The van der Waals surface area contributed by atoms with Gasteiger partial charge in [0, 0.05) is 18.0 Å². The first kappa shape index (κ1) is 22.3. The molecule has 0 bridgehead atoms. The van der Waals surface area contributed by atoms with Gasteiger partial charge in [0.2, 0.25) is 0 Å². The second-order valence-electron chi connectivity index (χ2n) is 8.13. The highest BCUT2D eigenvalue weighted by molar-refractivity contribution is 14.0. The van der Waals surface area contributed by atoms with Gasteiger partial charge in [-0.2, -0.15) is 0 Å². The molecule has 152 valence electrons. The molecule has 3 N–H and O–H groups in total. The number of rotatable bonds is 5. The Bertz CT molecular complexity index is 614. The smallest absolute Gasteiger partial charge is 0.189 e. The molecule has 27 heavy (non-hydrogen) atoms. The summed E-state index contributed by atoms with van der Waals surface area (Å²) in [5, 5.41) is 3.41. The predicted molar refractivity (Wildman–Crippen MR) is 123 cm³/mol. The van der Waals surface area contributed by atoms with E-state index in [0.29, 0.717) is 24.5 Å². The summed E-state index contributed by atoms with van der Waals surface area (Å²) in [5.41, 5.74) is 7.41. The molecule has 0 spiro atoms. The number of hydrogen-bond donors (Lipinski definition) is 2. The number of guanidine groups is 1. The minimum absolute atomic E-state index is 0. The second-order valence-corrected chi connectivity index (χ2v) is 8.13. The van der Waals surface area contributed by atoms with E-state index in [1.54, 1.807) is 0 Å². The lowest BCUT2D eigenvalue weighted by Gasteiger charge is -2.38. The number of aliphatic imine (C=N–C) groups is 1. The summed E-state index contributed by atoms with van der Waals surface area (Å²) in [6.45, 7) is 10.8. The fourth-order valence-corrected chi connectivity index (χ4v) is 4.02. The van der Waals surface area contributed by atoms with E-state index < -0.39 is 0 Å². The lowest BCUT2D eigenvalue weighted by atomic mass is 9.94. The van der Waals surface area contributed by atoms with Crippen LogP contribution in [0.1, 0.15) is 51.6 Å². The third-order valence-corrected chi connectivity index (χ3v) is 5.79. The normalized spacial score (nSPS) is 22.5. The highest BCUT2D eigenvalue weighted by atomic mass is 127. The number of likely N-dealkylation sites (tertiary alicyclic amines) is 1. The van der Waals surface area contributed by atoms with E-state index >= 15 is 0 Å². The van der Waals surface area contributed by atoms with Gasteiger partial charge in [-0.3, -0.25) is 9.89 Å². The van der Waals surface area contributed by atoms with Crippen LogP contribution in [-0.4, -0.2) is 43.1 Å². The van der Waals surface area contributed by atoms with Gasteiger partial charge in [0.1, 0.15) is 5.75 Å². The van der Waals surface area contributed by atoms with Crippen molar-refractivity contribution in [3.05, 3.63) is 29.8 Å². The molecule has 2 unspecified atom stereocenters. The van der Waals surface area contributed by atoms with Crippen molar-refractivity contribution in [2.75, 3.05) is 26.2 Å². The van der Waals surface area contributed by atoms with E-state index in [1.807, 2.05) is 18.2 Å². The highest BCUT2D eigenvalue weighted by Crippen LogP contribution is 2.31. The zero-order valence-electron chi connectivity index (χ0n) is 16.9. The van der Waals surface area contributed by atoms with Crippen LogP contribution in [-0.2, 0) is 0 Å². The van der Waals surface area contributed by atoms with Gasteiger partial charge in [-0.05, 0) is 43.8 Å².